The van der Waals surface area contributed by atoms with Gasteiger partial charge in [-0.05, 0) is 54.4 Å². The van der Waals surface area contributed by atoms with Crippen LogP contribution in [0.5, 0.6) is 0 Å². The van der Waals surface area contributed by atoms with Crippen LogP contribution in [-0.2, 0) is 20.8 Å². The molecular formula is C30H39NO3. The minimum Gasteiger partial charge on any atom is -0.350 e. The third-order valence-corrected chi connectivity index (χ3v) is 7.11. The minimum atomic E-state index is -0.371. The van der Waals surface area contributed by atoms with Crippen molar-refractivity contribution in [3.05, 3.63) is 60.7 Å². The molecular weight excluding hydrogens is 422 g/mol. The highest BCUT2D eigenvalue weighted by Gasteiger charge is 2.30. The van der Waals surface area contributed by atoms with Crippen LogP contribution in [-0.4, -0.2) is 23.5 Å². The van der Waals surface area contributed by atoms with Gasteiger partial charge in [-0.1, -0.05) is 69.3 Å². The largest absolute Gasteiger partial charge is 0.350 e. The Hall–Kier alpha value is -2.75. The van der Waals surface area contributed by atoms with Crippen molar-refractivity contribution in [1.29, 1.82) is 0 Å². The van der Waals surface area contributed by atoms with Crippen molar-refractivity contribution in [1.82, 2.24) is 5.32 Å². The maximum absolute atomic E-state index is 13.2. The third-order valence-electron chi connectivity index (χ3n) is 7.11. The minimum absolute atomic E-state index is 0.00852. The van der Waals surface area contributed by atoms with E-state index in [1.807, 2.05) is 25.1 Å². The van der Waals surface area contributed by atoms with E-state index in [0.717, 1.165) is 18.4 Å². The Bertz CT molecular complexity index is 1020. The maximum atomic E-state index is 13.2. The van der Waals surface area contributed by atoms with Crippen molar-refractivity contribution in [2.24, 2.45) is 23.7 Å². The fourth-order valence-electron chi connectivity index (χ4n) is 5.17. The SMILES string of the molecule is C=C[C@H](C[C@@H]1CCCC1=O)NC(=O)[C@@H](CC(=O)[C@@H](C)Cc1cccc2ccccc12)CC(C)C. The molecule has 3 rings (SSSR count). The molecule has 2 aromatic rings. The summed E-state index contributed by atoms with van der Waals surface area (Å²) in [5, 5.41) is 5.43. The predicted octanol–water partition coefficient (Wildman–Crippen LogP) is 6.07. The molecule has 0 unspecified atom stereocenters. The zero-order valence-corrected chi connectivity index (χ0v) is 20.9. The van der Waals surface area contributed by atoms with Gasteiger partial charge in [-0.25, -0.2) is 0 Å². The molecule has 1 aliphatic carbocycles. The summed E-state index contributed by atoms with van der Waals surface area (Å²) in [5.74, 6) is 0.0790. The van der Waals surface area contributed by atoms with Gasteiger partial charge < -0.3 is 5.32 Å². The number of hydrogen-bond donors (Lipinski definition) is 1. The Morgan fingerprint density at radius 1 is 1.12 bits per heavy atom. The molecule has 2 aromatic carbocycles. The molecule has 0 aromatic heterocycles. The number of rotatable bonds is 12. The van der Waals surface area contributed by atoms with Crippen molar-refractivity contribution in [2.75, 3.05) is 0 Å². The van der Waals surface area contributed by atoms with E-state index in [9.17, 15) is 14.4 Å². The van der Waals surface area contributed by atoms with Gasteiger partial charge in [0, 0.05) is 36.6 Å². The molecule has 0 radical (unpaired) electrons. The highest BCUT2D eigenvalue weighted by molar-refractivity contribution is 5.90. The summed E-state index contributed by atoms with van der Waals surface area (Å²) in [6.07, 6.45) is 6.34. The van der Waals surface area contributed by atoms with Gasteiger partial charge in [0.05, 0.1) is 0 Å². The van der Waals surface area contributed by atoms with E-state index in [1.54, 1.807) is 6.08 Å². The molecule has 1 fully saturated rings. The van der Waals surface area contributed by atoms with Gasteiger partial charge in [-0.3, -0.25) is 14.4 Å². The Kier molecular flexibility index (Phi) is 9.20. The van der Waals surface area contributed by atoms with E-state index in [1.165, 1.54) is 10.8 Å². The van der Waals surface area contributed by atoms with Gasteiger partial charge >= 0.3 is 0 Å². The van der Waals surface area contributed by atoms with E-state index in [0.29, 0.717) is 31.6 Å². The number of hydrogen-bond acceptors (Lipinski definition) is 3. The topological polar surface area (TPSA) is 63.2 Å². The fourth-order valence-corrected chi connectivity index (χ4v) is 5.17. The number of Topliss-reactive ketones (excluding diaryl/α,β-unsaturated/α-hetero) is 2. The fraction of sp³-hybridized carbons (Fsp3) is 0.500. The number of amides is 1. The predicted molar refractivity (Wildman–Crippen MR) is 138 cm³/mol. The molecule has 1 saturated carbocycles. The number of nitrogens with one attached hydrogen (secondary N) is 1. The van der Waals surface area contributed by atoms with Crippen LogP contribution >= 0.6 is 0 Å². The standard InChI is InChI=1S/C30H39NO3/c1-5-26(18-24-13-9-15-28(24)32)31-30(34)25(16-20(2)3)19-29(33)21(4)17-23-12-8-11-22-10-6-7-14-27(22)23/h5-8,10-12,14,20-21,24-26H,1,9,13,15-19H2,2-4H3,(H,31,34)/t21-,24-,25+,26+/m0/s1. The monoisotopic (exact) mass is 461 g/mol. The second-order valence-electron chi connectivity index (χ2n) is 10.4. The summed E-state index contributed by atoms with van der Waals surface area (Å²) in [4.78, 5) is 38.5. The summed E-state index contributed by atoms with van der Waals surface area (Å²) in [6, 6.07) is 14.2. The highest BCUT2D eigenvalue weighted by atomic mass is 16.2. The van der Waals surface area contributed by atoms with E-state index >= 15 is 0 Å². The van der Waals surface area contributed by atoms with E-state index in [4.69, 9.17) is 0 Å². The number of ketones is 2. The molecule has 0 saturated heterocycles. The highest BCUT2D eigenvalue weighted by Crippen LogP contribution is 2.27. The molecule has 4 nitrogen and oxygen atoms in total. The lowest BCUT2D eigenvalue weighted by Gasteiger charge is -2.24. The lowest BCUT2D eigenvalue weighted by molar-refractivity contribution is -0.131. The van der Waals surface area contributed by atoms with E-state index in [-0.39, 0.29) is 47.7 Å². The summed E-state index contributed by atoms with van der Waals surface area (Å²) >= 11 is 0. The third kappa shape index (κ3) is 6.88. The van der Waals surface area contributed by atoms with Crippen LogP contribution in [0.15, 0.2) is 55.1 Å². The van der Waals surface area contributed by atoms with Gasteiger partial charge in [-0.2, -0.15) is 0 Å². The van der Waals surface area contributed by atoms with Crippen LogP contribution in [0.3, 0.4) is 0 Å². The number of carbonyl (C=O) groups is 3. The number of benzene rings is 2. The van der Waals surface area contributed by atoms with Crippen LogP contribution in [0.25, 0.3) is 10.8 Å². The average molecular weight is 462 g/mol. The van der Waals surface area contributed by atoms with E-state index < -0.39 is 0 Å². The Morgan fingerprint density at radius 3 is 2.53 bits per heavy atom. The average Bonchev–Trinajstić information content (AvgIpc) is 3.22. The van der Waals surface area contributed by atoms with Crippen LogP contribution in [0.1, 0.15) is 64.9 Å². The molecule has 1 aliphatic rings. The quantitative estimate of drug-likeness (QED) is 0.390. The number of fused-ring (bicyclic) bond motifs is 1. The first-order valence-corrected chi connectivity index (χ1v) is 12.7. The normalized spacial score (nSPS) is 18.6. The molecule has 0 heterocycles. The maximum Gasteiger partial charge on any atom is 0.224 e. The summed E-state index contributed by atoms with van der Waals surface area (Å²) in [7, 11) is 0. The van der Waals surface area contributed by atoms with Crippen molar-refractivity contribution in [3.63, 3.8) is 0 Å². The molecule has 182 valence electrons. The molecule has 4 atom stereocenters. The van der Waals surface area contributed by atoms with Crippen LogP contribution in [0, 0.1) is 23.7 Å². The Labute approximate surface area is 204 Å². The zero-order chi connectivity index (χ0) is 24.7. The first-order chi connectivity index (χ1) is 16.3. The Balaban J connectivity index is 1.64. The first kappa shape index (κ1) is 25.9. The van der Waals surface area contributed by atoms with Gasteiger partial charge in [0.15, 0.2) is 0 Å². The van der Waals surface area contributed by atoms with Gasteiger partial charge in [-0.15, -0.1) is 6.58 Å². The first-order valence-electron chi connectivity index (χ1n) is 12.7. The summed E-state index contributed by atoms with van der Waals surface area (Å²) in [5.41, 5.74) is 1.16. The van der Waals surface area contributed by atoms with Crippen molar-refractivity contribution in [2.45, 2.75) is 71.8 Å². The molecule has 34 heavy (non-hydrogen) atoms. The van der Waals surface area contributed by atoms with Gasteiger partial charge in [0.2, 0.25) is 5.91 Å². The van der Waals surface area contributed by atoms with Gasteiger partial charge in [0.1, 0.15) is 11.6 Å². The second-order valence-corrected chi connectivity index (χ2v) is 10.4. The molecule has 1 amide bonds. The smallest absolute Gasteiger partial charge is 0.224 e. The molecule has 0 bridgehead atoms. The van der Waals surface area contributed by atoms with Crippen LogP contribution < -0.4 is 5.32 Å². The summed E-state index contributed by atoms with van der Waals surface area (Å²) in [6.45, 7) is 9.99. The van der Waals surface area contributed by atoms with Crippen LogP contribution in [0.4, 0.5) is 0 Å². The van der Waals surface area contributed by atoms with Gasteiger partial charge in [0.25, 0.3) is 0 Å². The molecule has 4 heteroatoms. The van der Waals surface area contributed by atoms with Crippen LogP contribution in [0.2, 0.25) is 0 Å². The lowest BCUT2D eigenvalue weighted by atomic mass is 9.85. The van der Waals surface area contributed by atoms with Crippen molar-refractivity contribution < 1.29 is 14.4 Å². The zero-order valence-electron chi connectivity index (χ0n) is 20.9. The molecule has 0 aliphatic heterocycles. The van der Waals surface area contributed by atoms with Crippen molar-refractivity contribution >= 4 is 28.2 Å². The summed E-state index contributed by atoms with van der Waals surface area (Å²) < 4.78 is 0. The Morgan fingerprint density at radius 2 is 1.85 bits per heavy atom. The number of carbonyl (C=O) groups excluding carboxylic acids is 3. The van der Waals surface area contributed by atoms with Crippen molar-refractivity contribution in [3.8, 4) is 0 Å². The lowest BCUT2D eigenvalue weighted by Crippen LogP contribution is -2.40. The van der Waals surface area contributed by atoms with E-state index in [2.05, 4.69) is 50.0 Å². The molecule has 0 spiro atoms. The molecule has 1 N–H and O–H groups in total. The second kappa shape index (κ2) is 12.1.